The molecule has 1 heterocycles. The fraction of sp³-hybridized carbons (Fsp3) is 0.667. The van der Waals surface area contributed by atoms with E-state index in [4.69, 9.17) is 23.2 Å². The van der Waals surface area contributed by atoms with E-state index < -0.39 is 0 Å². The van der Waals surface area contributed by atoms with Crippen LogP contribution in [0.5, 0.6) is 0 Å². The van der Waals surface area contributed by atoms with Gasteiger partial charge in [-0.2, -0.15) is 0 Å². The number of aromatic nitrogens is 1. The molecule has 0 amide bonds. The number of anilines is 1. The predicted molar refractivity (Wildman–Crippen MR) is 83.1 cm³/mol. The molecule has 1 aliphatic carbocycles. The summed E-state index contributed by atoms with van der Waals surface area (Å²) in [5.41, 5.74) is 0.691. The van der Waals surface area contributed by atoms with Gasteiger partial charge in [0.05, 0.1) is 10.0 Å². The molecule has 1 saturated carbocycles. The van der Waals surface area contributed by atoms with Gasteiger partial charge in [0.15, 0.2) is 0 Å². The molecule has 1 aliphatic rings. The molecular formula is C15H22Cl2N2. The van der Waals surface area contributed by atoms with E-state index in [1.165, 1.54) is 6.42 Å². The summed E-state index contributed by atoms with van der Waals surface area (Å²) in [6, 6.07) is 2.14. The molecule has 0 bridgehead atoms. The van der Waals surface area contributed by atoms with Gasteiger partial charge >= 0.3 is 0 Å². The minimum absolute atomic E-state index is 0.346. The number of nitrogens with one attached hydrogen (secondary N) is 1. The van der Waals surface area contributed by atoms with E-state index in [0.717, 1.165) is 18.7 Å². The third kappa shape index (κ3) is 4.00. The largest absolute Gasteiger partial charge is 0.366 e. The Morgan fingerprint density at radius 3 is 2.26 bits per heavy atom. The number of hydrogen-bond donors (Lipinski definition) is 1. The number of nitrogens with zero attached hydrogens (tertiary/aromatic N) is 1. The van der Waals surface area contributed by atoms with Crippen LogP contribution in [0.25, 0.3) is 0 Å². The van der Waals surface area contributed by atoms with Crippen molar-refractivity contribution >= 4 is 29.0 Å². The summed E-state index contributed by atoms with van der Waals surface area (Å²) in [7, 11) is 0. The van der Waals surface area contributed by atoms with Crippen molar-refractivity contribution < 1.29 is 0 Å². The predicted octanol–water partition coefficient (Wildman–Crippen LogP) is 5.41. The normalized spacial score (nSPS) is 22.2. The molecule has 0 aliphatic heterocycles. The summed E-state index contributed by atoms with van der Waals surface area (Å²) >= 11 is 12.1. The molecule has 0 saturated heterocycles. The molecule has 1 fully saturated rings. The number of pyridine rings is 1. The summed E-state index contributed by atoms with van der Waals surface area (Å²) in [6.45, 7) is 9.33. The molecule has 0 aromatic carbocycles. The summed E-state index contributed by atoms with van der Waals surface area (Å²) in [6.07, 6.45) is 5.16. The molecule has 1 N–H and O–H groups in total. The lowest BCUT2D eigenvalue weighted by molar-refractivity contribution is 0.105. The highest BCUT2D eigenvalue weighted by Crippen LogP contribution is 2.46. The van der Waals surface area contributed by atoms with E-state index in [0.29, 0.717) is 26.9 Å². The van der Waals surface area contributed by atoms with Gasteiger partial charge in [-0.15, -0.1) is 0 Å². The zero-order chi connectivity index (χ0) is 14.3. The lowest BCUT2D eigenvalue weighted by Gasteiger charge is -2.45. The molecule has 19 heavy (non-hydrogen) atoms. The van der Waals surface area contributed by atoms with E-state index >= 15 is 0 Å². The second-order valence-electron chi connectivity index (χ2n) is 7.24. The van der Waals surface area contributed by atoms with Gasteiger partial charge < -0.3 is 5.32 Å². The monoisotopic (exact) mass is 300 g/mol. The van der Waals surface area contributed by atoms with Gasteiger partial charge in [0.25, 0.3) is 0 Å². The van der Waals surface area contributed by atoms with Crippen LogP contribution in [0.4, 0.5) is 5.82 Å². The maximum atomic E-state index is 6.18. The third-order valence-electron chi connectivity index (χ3n) is 3.70. The Kier molecular flexibility index (Phi) is 4.04. The molecule has 1 aromatic heterocycles. The Hall–Kier alpha value is -0.470. The Labute approximate surface area is 125 Å². The molecule has 4 heteroatoms. The first-order valence-corrected chi connectivity index (χ1v) is 7.50. The molecule has 106 valence electrons. The zero-order valence-corrected chi connectivity index (χ0v) is 13.6. The first-order valence-electron chi connectivity index (χ1n) is 6.75. The molecule has 2 nitrogen and oxygen atoms in total. The highest BCUT2D eigenvalue weighted by atomic mass is 35.5. The number of rotatable bonds is 2. The summed E-state index contributed by atoms with van der Waals surface area (Å²) in [5, 5.41) is 4.65. The van der Waals surface area contributed by atoms with Crippen molar-refractivity contribution in [3.8, 4) is 0 Å². The SMILES string of the molecule is CC1(C)CC(Nc2ncc(Cl)cc2Cl)CC(C)(C)C1. The molecular weight excluding hydrogens is 279 g/mol. The maximum Gasteiger partial charge on any atom is 0.145 e. The fourth-order valence-electron chi connectivity index (χ4n) is 3.66. The highest BCUT2D eigenvalue weighted by molar-refractivity contribution is 6.35. The number of halogens is 2. The Morgan fingerprint density at radius 2 is 1.74 bits per heavy atom. The standard InChI is InChI=1S/C15H22Cl2N2/c1-14(2)6-11(7-15(3,4)9-14)19-13-12(17)5-10(16)8-18-13/h5,8,11H,6-7,9H2,1-4H3,(H,18,19). The van der Waals surface area contributed by atoms with Gasteiger partial charge in [0, 0.05) is 12.2 Å². The van der Waals surface area contributed by atoms with Crippen LogP contribution in [0.15, 0.2) is 12.3 Å². The Balaban J connectivity index is 2.14. The number of hydrogen-bond acceptors (Lipinski definition) is 2. The summed E-state index contributed by atoms with van der Waals surface area (Å²) < 4.78 is 0. The Morgan fingerprint density at radius 1 is 1.16 bits per heavy atom. The summed E-state index contributed by atoms with van der Waals surface area (Å²) in [5.74, 6) is 0.740. The molecule has 0 spiro atoms. The van der Waals surface area contributed by atoms with Gasteiger partial charge in [0.1, 0.15) is 5.82 Å². The van der Waals surface area contributed by atoms with E-state index in [2.05, 4.69) is 38.0 Å². The fourth-order valence-corrected chi connectivity index (χ4v) is 4.10. The minimum atomic E-state index is 0.346. The molecule has 1 aromatic rings. The van der Waals surface area contributed by atoms with Crippen molar-refractivity contribution in [2.75, 3.05) is 5.32 Å². The van der Waals surface area contributed by atoms with E-state index in [1.807, 2.05) is 0 Å². The van der Waals surface area contributed by atoms with Crippen LogP contribution >= 0.6 is 23.2 Å². The second-order valence-corrected chi connectivity index (χ2v) is 8.08. The van der Waals surface area contributed by atoms with E-state index in [1.54, 1.807) is 12.3 Å². The first kappa shape index (κ1) is 14.9. The topological polar surface area (TPSA) is 24.9 Å². The van der Waals surface area contributed by atoms with Crippen LogP contribution in [-0.4, -0.2) is 11.0 Å². The van der Waals surface area contributed by atoms with Gasteiger partial charge in [-0.1, -0.05) is 50.9 Å². The third-order valence-corrected chi connectivity index (χ3v) is 4.20. The van der Waals surface area contributed by atoms with Gasteiger partial charge in [-0.05, 0) is 36.2 Å². The zero-order valence-electron chi connectivity index (χ0n) is 12.1. The lowest BCUT2D eigenvalue weighted by Crippen LogP contribution is -2.40. The lowest BCUT2D eigenvalue weighted by atomic mass is 9.63. The first-order chi connectivity index (χ1) is 8.67. The van der Waals surface area contributed by atoms with E-state index in [9.17, 15) is 0 Å². The van der Waals surface area contributed by atoms with Crippen LogP contribution in [-0.2, 0) is 0 Å². The van der Waals surface area contributed by atoms with Gasteiger partial charge in [0.2, 0.25) is 0 Å². The van der Waals surface area contributed by atoms with Crippen LogP contribution in [0.3, 0.4) is 0 Å². The van der Waals surface area contributed by atoms with Crippen molar-refractivity contribution in [3.63, 3.8) is 0 Å². The van der Waals surface area contributed by atoms with E-state index in [-0.39, 0.29) is 0 Å². The second kappa shape index (κ2) is 5.14. The van der Waals surface area contributed by atoms with Crippen molar-refractivity contribution in [2.24, 2.45) is 10.8 Å². The van der Waals surface area contributed by atoms with Crippen molar-refractivity contribution in [1.29, 1.82) is 0 Å². The maximum absolute atomic E-state index is 6.18. The molecule has 2 rings (SSSR count). The molecule has 0 radical (unpaired) electrons. The van der Waals surface area contributed by atoms with Gasteiger partial charge in [-0.3, -0.25) is 0 Å². The van der Waals surface area contributed by atoms with Crippen LogP contribution in [0.1, 0.15) is 47.0 Å². The molecule has 0 atom stereocenters. The Bertz CT molecular complexity index is 453. The van der Waals surface area contributed by atoms with Crippen molar-refractivity contribution in [3.05, 3.63) is 22.3 Å². The average Bonchev–Trinajstić information content (AvgIpc) is 2.17. The van der Waals surface area contributed by atoms with Crippen molar-refractivity contribution in [2.45, 2.75) is 53.0 Å². The smallest absolute Gasteiger partial charge is 0.145 e. The minimum Gasteiger partial charge on any atom is -0.366 e. The van der Waals surface area contributed by atoms with Crippen LogP contribution in [0, 0.1) is 10.8 Å². The van der Waals surface area contributed by atoms with Gasteiger partial charge in [-0.25, -0.2) is 4.98 Å². The van der Waals surface area contributed by atoms with Crippen molar-refractivity contribution in [1.82, 2.24) is 4.98 Å². The van der Waals surface area contributed by atoms with Crippen LogP contribution < -0.4 is 5.32 Å². The molecule has 0 unspecified atom stereocenters. The highest BCUT2D eigenvalue weighted by Gasteiger charge is 2.38. The average molecular weight is 301 g/mol. The van der Waals surface area contributed by atoms with Crippen LogP contribution in [0.2, 0.25) is 10.0 Å². The quantitative estimate of drug-likeness (QED) is 0.790. The summed E-state index contributed by atoms with van der Waals surface area (Å²) in [4.78, 5) is 4.29.